The van der Waals surface area contributed by atoms with E-state index in [-0.39, 0.29) is 25.7 Å². The molecule has 0 spiro atoms. The SMILES string of the molecule is CS(=O)(=O)OC[C@@H]1CN(c2ccc3c(c2)NC(=O)CO3)C(=O)O1. The molecule has 2 amide bonds. The Kier molecular flexibility index (Phi) is 3.86. The van der Waals surface area contributed by atoms with E-state index in [0.29, 0.717) is 17.1 Å². The molecule has 0 unspecified atom stereocenters. The number of carbonyl (C=O) groups excluding carboxylic acids is 2. The number of carbonyl (C=O) groups is 2. The van der Waals surface area contributed by atoms with E-state index in [0.717, 1.165) is 6.26 Å². The van der Waals surface area contributed by atoms with Gasteiger partial charge in [-0.2, -0.15) is 8.42 Å². The van der Waals surface area contributed by atoms with Gasteiger partial charge in [-0.1, -0.05) is 0 Å². The molecule has 124 valence electrons. The highest BCUT2D eigenvalue weighted by Crippen LogP contribution is 2.33. The smallest absolute Gasteiger partial charge is 0.414 e. The third-order valence-electron chi connectivity index (χ3n) is 3.25. The molecule has 1 aromatic rings. The summed E-state index contributed by atoms with van der Waals surface area (Å²) in [6.45, 7) is -0.156. The number of cyclic esters (lactones) is 1. The summed E-state index contributed by atoms with van der Waals surface area (Å²) in [5.41, 5.74) is 0.962. The van der Waals surface area contributed by atoms with Crippen LogP contribution in [0.1, 0.15) is 0 Å². The second kappa shape index (κ2) is 5.70. The molecule has 0 aliphatic carbocycles. The Morgan fingerprint density at radius 3 is 2.91 bits per heavy atom. The topological polar surface area (TPSA) is 111 Å². The van der Waals surface area contributed by atoms with E-state index in [9.17, 15) is 18.0 Å². The summed E-state index contributed by atoms with van der Waals surface area (Å²) in [4.78, 5) is 24.6. The zero-order chi connectivity index (χ0) is 16.6. The van der Waals surface area contributed by atoms with Crippen molar-refractivity contribution >= 4 is 33.5 Å². The number of nitrogens with one attached hydrogen (secondary N) is 1. The number of ether oxygens (including phenoxy) is 2. The lowest BCUT2D eigenvalue weighted by Gasteiger charge is -2.20. The maximum absolute atomic E-state index is 11.9. The molecule has 23 heavy (non-hydrogen) atoms. The fourth-order valence-electron chi connectivity index (χ4n) is 2.26. The lowest BCUT2D eigenvalue weighted by atomic mass is 10.2. The lowest BCUT2D eigenvalue weighted by Crippen LogP contribution is -2.28. The van der Waals surface area contributed by atoms with Crippen molar-refractivity contribution in [3.63, 3.8) is 0 Å². The molecule has 0 aromatic heterocycles. The van der Waals surface area contributed by atoms with Crippen LogP contribution in [0.25, 0.3) is 0 Å². The van der Waals surface area contributed by atoms with Crippen LogP contribution in [0.5, 0.6) is 5.75 Å². The minimum Gasteiger partial charge on any atom is -0.482 e. The van der Waals surface area contributed by atoms with Crippen molar-refractivity contribution in [2.75, 3.05) is 36.2 Å². The molecule has 2 heterocycles. The summed E-state index contributed by atoms with van der Waals surface area (Å²) >= 11 is 0. The van der Waals surface area contributed by atoms with E-state index in [1.807, 2.05) is 0 Å². The Hall–Kier alpha value is -2.33. The maximum atomic E-state index is 11.9. The Labute approximate surface area is 132 Å². The van der Waals surface area contributed by atoms with Crippen LogP contribution >= 0.6 is 0 Å². The van der Waals surface area contributed by atoms with Gasteiger partial charge in [-0.05, 0) is 18.2 Å². The normalized spacial score (nSPS) is 20.6. The lowest BCUT2D eigenvalue weighted by molar-refractivity contribution is -0.118. The average Bonchev–Trinajstić information content (AvgIpc) is 2.85. The third kappa shape index (κ3) is 3.54. The molecule has 0 bridgehead atoms. The van der Waals surface area contributed by atoms with Gasteiger partial charge in [0.25, 0.3) is 16.0 Å². The Morgan fingerprint density at radius 2 is 2.17 bits per heavy atom. The molecule has 3 rings (SSSR count). The molecular formula is C13H14N2O7S. The number of hydrogen-bond donors (Lipinski definition) is 1. The third-order valence-corrected chi connectivity index (χ3v) is 3.81. The summed E-state index contributed by atoms with van der Waals surface area (Å²) in [6, 6.07) is 4.88. The van der Waals surface area contributed by atoms with Gasteiger partial charge in [-0.25, -0.2) is 4.79 Å². The first kappa shape index (κ1) is 15.6. The van der Waals surface area contributed by atoms with Crippen molar-refractivity contribution in [3.8, 4) is 5.75 Å². The highest BCUT2D eigenvalue weighted by atomic mass is 32.2. The molecule has 1 N–H and O–H groups in total. The summed E-state index contributed by atoms with van der Waals surface area (Å²) < 4.78 is 36.9. The Morgan fingerprint density at radius 1 is 1.39 bits per heavy atom. The number of hydrogen-bond acceptors (Lipinski definition) is 7. The van der Waals surface area contributed by atoms with Crippen molar-refractivity contribution < 1.29 is 31.7 Å². The van der Waals surface area contributed by atoms with Gasteiger partial charge < -0.3 is 14.8 Å². The predicted octanol–water partition coefficient (Wildman–Crippen LogP) is 0.319. The average molecular weight is 342 g/mol. The number of fused-ring (bicyclic) bond motifs is 1. The first-order valence-corrected chi connectivity index (χ1v) is 8.53. The van der Waals surface area contributed by atoms with Crippen molar-refractivity contribution in [1.82, 2.24) is 0 Å². The molecular weight excluding hydrogens is 328 g/mol. The highest BCUT2D eigenvalue weighted by molar-refractivity contribution is 7.85. The van der Waals surface area contributed by atoms with Crippen LogP contribution in [0.2, 0.25) is 0 Å². The molecule has 2 aliphatic rings. The van der Waals surface area contributed by atoms with Crippen LogP contribution in [-0.4, -0.2) is 52.5 Å². The summed E-state index contributed by atoms with van der Waals surface area (Å²) in [5.74, 6) is 0.232. The number of benzene rings is 1. The first-order chi connectivity index (χ1) is 10.8. The van der Waals surface area contributed by atoms with E-state index in [1.54, 1.807) is 18.2 Å². The molecule has 1 fully saturated rings. The monoisotopic (exact) mass is 342 g/mol. The summed E-state index contributed by atoms with van der Waals surface area (Å²) in [5, 5.41) is 2.65. The van der Waals surface area contributed by atoms with Gasteiger partial charge in [0.05, 0.1) is 18.5 Å². The van der Waals surface area contributed by atoms with Crippen molar-refractivity contribution in [2.24, 2.45) is 0 Å². The van der Waals surface area contributed by atoms with Gasteiger partial charge in [0.15, 0.2) is 6.61 Å². The van der Waals surface area contributed by atoms with Crippen LogP contribution in [0, 0.1) is 0 Å². The van der Waals surface area contributed by atoms with Crippen molar-refractivity contribution in [2.45, 2.75) is 6.10 Å². The largest absolute Gasteiger partial charge is 0.482 e. The molecule has 10 heteroatoms. The van der Waals surface area contributed by atoms with E-state index in [2.05, 4.69) is 9.50 Å². The van der Waals surface area contributed by atoms with Crippen LogP contribution in [-0.2, 0) is 23.8 Å². The van der Waals surface area contributed by atoms with Crippen molar-refractivity contribution in [1.29, 1.82) is 0 Å². The van der Waals surface area contributed by atoms with E-state index in [1.165, 1.54) is 4.90 Å². The van der Waals surface area contributed by atoms with Gasteiger partial charge in [0, 0.05) is 5.69 Å². The minimum atomic E-state index is -3.60. The van der Waals surface area contributed by atoms with Crippen LogP contribution in [0.15, 0.2) is 18.2 Å². The van der Waals surface area contributed by atoms with E-state index < -0.39 is 22.3 Å². The van der Waals surface area contributed by atoms with E-state index in [4.69, 9.17) is 9.47 Å². The van der Waals surface area contributed by atoms with Gasteiger partial charge >= 0.3 is 6.09 Å². The fourth-order valence-corrected chi connectivity index (χ4v) is 2.66. The second-order valence-electron chi connectivity index (χ2n) is 5.12. The number of anilines is 2. The first-order valence-electron chi connectivity index (χ1n) is 6.71. The summed E-state index contributed by atoms with van der Waals surface area (Å²) in [6.07, 6.45) is -0.387. The molecule has 0 saturated carbocycles. The molecule has 9 nitrogen and oxygen atoms in total. The van der Waals surface area contributed by atoms with Gasteiger partial charge in [-0.15, -0.1) is 0 Å². The van der Waals surface area contributed by atoms with Gasteiger partial charge in [-0.3, -0.25) is 13.9 Å². The van der Waals surface area contributed by atoms with Crippen molar-refractivity contribution in [3.05, 3.63) is 18.2 Å². The predicted molar refractivity (Wildman–Crippen MR) is 79.0 cm³/mol. The molecule has 2 aliphatic heterocycles. The number of rotatable bonds is 4. The molecule has 1 aromatic carbocycles. The maximum Gasteiger partial charge on any atom is 0.414 e. The second-order valence-corrected chi connectivity index (χ2v) is 6.77. The minimum absolute atomic E-state index is 0.0526. The summed E-state index contributed by atoms with van der Waals surface area (Å²) in [7, 11) is -3.60. The zero-order valence-corrected chi connectivity index (χ0v) is 13.0. The zero-order valence-electron chi connectivity index (χ0n) is 12.1. The van der Waals surface area contributed by atoms with Gasteiger partial charge in [0.1, 0.15) is 18.5 Å². The molecule has 1 saturated heterocycles. The fraction of sp³-hybridized carbons (Fsp3) is 0.385. The van der Waals surface area contributed by atoms with Crippen LogP contribution < -0.4 is 15.0 Å². The van der Waals surface area contributed by atoms with E-state index >= 15 is 0 Å². The van der Waals surface area contributed by atoms with Crippen LogP contribution in [0.3, 0.4) is 0 Å². The Bertz CT molecular complexity index is 762. The molecule has 1 atom stereocenters. The standard InChI is InChI=1S/C13H14N2O7S/c1-23(18,19)21-6-9-5-15(13(17)22-9)8-2-3-11-10(4-8)14-12(16)7-20-11/h2-4,9H,5-7H2,1H3,(H,14,16)/t9-/m0/s1. The quantitative estimate of drug-likeness (QED) is 0.784. The number of nitrogens with zero attached hydrogens (tertiary/aromatic N) is 1. The highest BCUT2D eigenvalue weighted by Gasteiger charge is 2.34. The van der Waals surface area contributed by atoms with Crippen LogP contribution in [0.4, 0.5) is 16.2 Å². The Balaban J connectivity index is 1.73. The molecule has 0 radical (unpaired) electrons. The number of amides is 2. The van der Waals surface area contributed by atoms with Gasteiger partial charge in [0.2, 0.25) is 0 Å².